The summed E-state index contributed by atoms with van der Waals surface area (Å²) in [6.45, 7) is 0. The van der Waals surface area contributed by atoms with E-state index in [1.54, 1.807) is 6.07 Å². The average Bonchev–Trinajstić information content (AvgIpc) is 3.09. The smallest absolute Gasteiger partial charge is 0.226 e. The molecule has 0 aliphatic carbocycles. The van der Waals surface area contributed by atoms with Gasteiger partial charge in [0.25, 0.3) is 0 Å². The number of methoxy groups -OCH3 is 2. The number of anilines is 1. The highest BCUT2D eigenvalue weighted by Gasteiger charge is 2.33. The van der Waals surface area contributed by atoms with Crippen molar-refractivity contribution in [3.05, 3.63) is 65.6 Å². The van der Waals surface area contributed by atoms with Crippen molar-refractivity contribution in [3.63, 3.8) is 0 Å². The maximum Gasteiger partial charge on any atom is 0.226 e. The molecule has 1 aromatic heterocycles. The van der Waals surface area contributed by atoms with Crippen LogP contribution in [0.5, 0.6) is 11.5 Å². The highest BCUT2D eigenvalue weighted by atomic mass is 19.1. The molecular formula is C20H17F2N3O3. The highest BCUT2D eigenvalue weighted by Crippen LogP contribution is 2.43. The molecule has 1 unspecified atom stereocenters. The van der Waals surface area contributed by atoms with Crippen LogP contribution >= 0.6 is 0 Å². The quantitative estimate of drug-likeness (QED) is 0.745. The highest BCUT2D eigenvalue weighted by molar-refractivity contribution is 5.94. The number of benzene rings is 2. The molecule has 3 aromatic rings. The first-order valence-electron chi connectivity index (χ1n) is 8.56. The van der Waals surface area contributed by atoms with Crippen molar-refractivity contribution in [1.82, 2.24) is 9.55 Å². The molecule has 0 bridgehead atoms. The first kappa shape index (κ1) is 18.0. The largest absolute Gasteiger partial charge is 0.493 e. The molecule has 2 aromatic carbocycles. The molecule has 0 fully saturated rings. The van der Waals surface area contributed by atoms with Crippen LogP contribution in [-0.4, -0.2) is 29.7 Å². The molecule has 1 aliphatic rings. The van der Waals surface area contributed by atoms with E-state index in [2.05, 4.69) is 10.3 Å². The Labute approximate surface area is 159 Å². The number of carbonyl (C=O) groups is 1. The normalized spacial score (nSPS) is 15.7. The number of para-hydroxylation sites is 1. The Bertz CT molecular complexity index is 1040. The van der Waals surface area contributed by atoms with Crippen LogP contribution in [0.25, 0.3) is 5.69 Å². The first-order valence-corrected chi connectivity index (χ1v) is 8.56. The van der Waals surface area contributed by atoms with Gasteiger partial charge in [-0.1, -0.05) is 12.1 Å². The van der Waals surface area contributed by atoms with Crippen molar-refractivity contribution < 1.29 is 23.0 Å². The second-order valence-corrected chi connectivity index (χ2v) is 6.36. The summed E-state index contributed by atoms with van der Waals surface area (Å²) in [4.78, 5) is 16.8. The Kier molecular flexibility index (Phi) is 4.46. The fraction of sp³-hybridized carbons (Fsp3) is 0.200. The van der Waals surface area contributed by atoms with Crippen molar-refractivity contribution >= 4 is 11.7 Å². The number of nitrogens with zero attached hydrogens (tertiary/aromatic N) is 2. The predicted octanol–water partition coefficient (Wildman–Crippen LogP) is 3.64. The van der Waals surface area contributed by atoms with Gasteiger partial charge in [0.2, 0.25) is 5.91 Å². The number of halogens is 2. The monoisotopic (exact) mass is 385 g/mol. The third-order valence-electron chi connectivity index (χ3n) is 4.71. The summed E-state index contributed by atoms with van der Waals surface area (Å²) in [7, 11) is 3.06. The van der Waals surface area contributed by atoms with E-state index in [4.69, 9.17) is 9.47 Å². The van der Waals surface area contributed by atoms with Crippen LogP contribution in [0.4, 0.5) is 14.6 Å². The Morgan fingerprint density at radius 1 is 1.14 bits per heavy atom. The fourth-order valence-electron chi connectivity index (χ4n) is 3.52. The zero-order chi connectivity index (χ0) is 19.8. The van der Waals surface area contributed by atoms with Crippen LogP contribution in [0.2, 0.25) is 0 Å². The molecule has 0 saturated carbocycles. The second kappa shape index (κ2) is 6.95. The maximum atomic E-state index is 13.7. The number of aromatic nitrogens is 2. The lowest BCUT2D eigenvalue weighted by Gasteiger charge is -2.25. The van der Waals surface area contributed by atoms with Crippen LogP contribution < -0.4 is 14.8 Å². The van der Waals surface area contributed by atoms with E-state index in [1.165, 1.54) is 37.2 Å². The average molecular weight is 385 g/mol. The molecule has 8 heteroatoms. The van der Waals surface area contributed by atoms with Gasteiger partial charge in [0, 0.05) is 24.0 Å². The Morgan fingerprint density at radius 3 is 2.57 bits per heavy atom. The molecule has 4 rings (SSSR count). The molecule has 0 spiro atoms. The summed E-state index contributed by atoms with van der Waals surface area (Å²) < 4.78 is 39.6. The molecule has 6 nitrogen and oxygen atoms in total. The van der Waals surface area contributed by atoms with Crippen LogP contribution in [0, 0.1) is 11.6 Å². The third kappa shape index (κ3) is 2.96. The van der Waals surface area contributed by atoms with Crippen molar-refractivity contribution in [2.24, 2.45) is 0 Å². The lowest BCUT2D eigenvalue weighted by molar-refractivity contribution is -0.116. The number of nitrogens with one attached hydrogen (secondary N) is 1. The van der Waals surface area contributed by atoms with Gasteiger partial charge in [0.1, 0.15) is 23.8 Å². The Balaban J connectivity index is 1.86. The molecule has 1 atom stereocenters. The Hall–Kier alpha value is -3.42. The Morgan fingerprint density at radius 2 is 1.89 bits per heavy atom. The number of rotatable bonds is 4. The zero-order valence-electron chi connectivity index (χ0n) is 15.2. The van der Waals surface area contributed by atoms with E-state index in [9.17, 15) is 13.6 Å². The fourth-order valence-corrected chi connectivity index (χ4v) is 3.52. The van der Waals surface area contributed by atoms with Gasteiger partial charge in [0.15, 0.2) is 11.5 Å². The molecule has 144 valence electrons. The molecule has 1 aliphatic heterocycles. The lowest BCUT2D eigenvalue weighted by atomic mass is 9.89. The van der Waals surface area contributed by atoms with E-state index in [1.807, 2.05) is 12.1 Å². The molecule has 1 amide bonds. The number of hydrogen-bond donors (Lipinski definition) is 1. The van der Waals surface area contributed by atoms with Gasteiger partial charge >= 0.3 is 0 Å². The van der Waals surface area contributed by atoms with E-state index in [-0.39, 0.29) is 18.0 Å². The van der Waals surface area contributed by atoms with Crippen LogP contribution in [0.3, 0.4) is 0 Å². The minimum Gasteiger partial charge on any atom is -0.493 e. The first-order chi connectivity index (χ1) is 13.5. The molecule has 0 saturated heterocycles. The van der Waals surface area contributed by atoms with Crippen molar-refractivity contribution in [3.8, 4) is 17.2 Å². The summed E-state index contributed by atoms with van der Waals surface area (Å²) in [5.41, 5.74) is 1.55. The molecular weight excluding hydrogens is 368 g/mol. The maximum absolute atomic E-state index is 13.7. The van der Waals surface area contributed by atoms with E-state index in [0.717, 1.165) is 11.6 Å². The van der Waals surface area contributed by atoms with Crippen molar-refractivity contribution in [2.45, 2.75) is 12.3 Å². The second-order valence-electron chi connectivity index (χ2n) is 6.36. The summed E-state index contributed by atoms with van der Waals surface area (Å²) in [5, 5.41) is 2.76. The molecule has 1 N–H and O–H groups in total. The number of amides is 1. The van der Waals surface area contributed by atoms with Gasteiger partial charge in [-0.05, 0) is 18.2 Å². The van der Waals surface area contributed by atoms with Crippen LogP contribution in [0.1, 0.15) is 23.6 Å². The topological polar surface area (TPSA) is 65.4 Å². The van der Waals surface area contributed by atoms with Gasteiger partial charge in [-0.25, -0.2) is 13.8 Å². The van der Waals surface area contributed by atoms with E-state index >= 15 is 0 Å². The minimum atomic E-state index is -0.717. The summed E-state index contributed by atoms with van der Waals surface area (Å²) in [6.07, 6.45) is 1.59. The van der Waals surface area contributed by atoms with Gasteiger partial charge in [-0.3, -0.25) is 9.36 Å². The number of ether oxygens (including phenoxy) is 2. The standard InChI is InChI=1S/C20H17F2N3O3/c1-27-16-5-3-4-14(19(16)28-2)15-9-17(26)24-20-18(15)23-10-25(20)13-7-11(21)6-12(22)8-13/h3-8,10,15H,9H2,1-2H3,(H,24,26). The summed E-state index contributed by atoms with van der Waals surface area (Å²) in [5.74, 6) is -0.636. The molecule has 2 heterocycles. The van der Waals surface area contributed by atoms with Crippen LogP contribution in [-0.2, 0) is 4.79 Å². The molecule has 0 radical (unpaired) electrons. The van der Waals surface area contributed by atoms with Crippen molar-refractivity contribution in [2.75, 3.05) is 19.5 Å². The van der Waals surface area contributed by atoms with Crippen molar-refractivity contribution in [1.29, 1.82) is 0 Å². The van der Waals surface area contributed by atoms with Gasteiger partial charge in [-0.15, -0.1) is 0 Å². The SMILES string of the molecule is COc1cccc(C2CC(=O)Nc3c2ncn3-c2cc(F)cc(F)c2)c1OC. The number of hydrogen-bond acceptors (Lipinski definition) is 4. The zero-order valence-corrected chi connectivity index (χ0v) is 15.2. The van der Waals surface area contributed by atoms with Gasteiger partial charge in [0.05, 0.1) is 25.6 Å². The van der Waals surface area contributed by atoms with E-state index in [0.29, 0.717) is 23.0 Å². The number of carbonyl (C=O) groups excluding carboxylic acids is 1. The lowest BCUT2D eigenvalue weighted by Crippen LogP contribution is -2.25. The predicted molar refractivity (Wildman–Crippen MR) is 98.1 cm³/mol. The minimum absolute atomic E-state index is 0.158. The number of imidazole rings is 1. The van der Waals surface area contributed by atoms with E-state index < -0.39 is 17.6 Å². The summed E-state index contributed by atoms with van der Waals surface area (Å²) in [6, 6.07) is 8.55. The van der Waals surface area contributed by atoms with Gasteiger partial charge in [-0.2, -0.15) is 0 Å². The van der Waals surface area contributed by atoms with Gasteiger partial charge < -0.3 is 14.8 Å². The van der Waals surface area contributed by atoms with Crippen LogP contribution in [0.15, 0.2) is 42.7 Å². The summed E-state index contributed by atoms with van der Waals surface area (Å²) >= 11 is 0. The third-order valence-corrected chi connectivity index (χ3v) is 4.71. The molecule has 28 heavy (non-hydrogen) atoms. The number of fused-ring (bicyclic) bond motifs is 1.